The third-order valence-corrected chi connectivity index (χ3v) is 5.98. The van der Waals surface area contributed by atoms with Gasteiger partial charge < -0.3 is 18.4 Å². The van der Waals surface area contributed by atoms with E-state index in [4.69, 9.17) is 41.6 Å². The fourth-order valence-electron chi connectivity index (χ4n) is 4.13. The first-order valence-corrected chi connectivity index (χ1v) is 10.5. The van der Waals surface area contributed by atoms with Crippen LogP contribution < -0.4 is 19.8 Å². The quantitative estimate of drug-likeness (QED) is 0.392. The molecule has 33 heavy (non-hydrogen) atoms. The molecule has 0 bridgehead atoms. The smallest absolute Gasteiger partial charge is 0.296 e. The number of benzene rings is 2. The lowest BCUT2D eigenvalue weighted by Gasteiger charge is -2.24. The summed E-state index contributed by atoms with van der Waals surface area (Å²) in [4.78, 5) is 28.6. The summed E-state index contributed by atoms with van der Waals surface area (Å²) in [5, 5.41) is 4.55. The van der Waals surface area contributed by atoms with Crippen LogP contribution in [0, 0.1) is 6.92 Å². The Kier molecular flexibility index (Phi) is 5.07. The number of aromatic nitrogens is 1. The van der Waals surface area contributed by atoms with E-state index in [9.17, 15) is 9.59 Å². The third-order valence-electron chi connectivity index (χ3n) is 5.48. The second-order valence-corrected chi connectivity index (χ2v) is 8.24. The van der Waals surface area contributed by atoms with Crippen LogP contribution in [0.25, 0.3) is 11.0 Å². The van der Waals surface area contributed by atoms with E-state index in [-0.39, 0.29) is 38.2 Å². The maximum absolute atomic E-state index is 13.7. The number of anilines is 1. The minimum absolute atomic E-state index is 0.0766. The Labute approximate surface area is 197 Å². The van der Waals surface area contributed by atoms with Gasteiger partial charge in [0.05, 0.1) is 30.2 Å². The molecule has 1 aliphatic heterocycles. The fourth-order valence-corrected chi connectivity index (χ4v) is 4.66. The average Bonchev–Trinajstić information content (AvgIpc) is 3.34. The van der Waals surface area contributed by atoms with E-state index in [2.05, 4.69) is 5.16 Å². The summed E-state index contributed by atoms with van der Waals surface area (Å²) in [6.07, 6.45) is 0. The van der Waals surface area contributed by atoms with Crippen LogP contribution in [0.4, 0.5) is 5.82 Å². The van der Waals surface area contributed by atoms with Gasteiger partial charge in [-0.15, -0.1) is 0 Å². The number of hydrogen-bond donors (Lipinski definition) is 0. The number of para-hydroxylation sites is 1. The van der Waals surface area contributed by atoms with Crippen LogP contribution in [0.2, 0.25) is 10.0 Å². The Hall–Kier alpha value is -3.49. The van der Waals surface area contributed by atoms with Gasteiger partial charge in [0, 0.05) is 16.7 Å². The molecule has 0 unspecified atom stereocenters. The van der Waals surface area contributed by atoms with Crippen molar-refractivity contribution in [2.24, 2.45) is 0 Å². The number of carbonyl (C=O) groups excluding carboxylic acids is 1. The van der Waals surface area contributed by atoms with Crippen LogP contribution in [-0.4, -0.2) is 25.3 Å². The first-order valence-electron chi connectivity index (χ1n) is 9.79. The van der Waals surface area contributed by atoms with Gasteiger partial charge in [-0.3, -0.25) is 14.5 Å². The van der Waals surface area contributed by atoms with Gasteiger partial charge in [0.2, 0.25) is 5.76 Å². The number of methoxy groups -OCH3 is 2. The Morgan fingerprint density at radius 2 is 1.88 bits per heavy atom. The molecule has 0 N–H and O–H groups in total. The zero-order valence-electron chi connectivity index (χ0n) is 17.6. The molecule has 0 saturated heterocycles. The summed E-state index contributed by atoms with van der Waals surface area (Å²) in [5.41, 5.74) is 0.247. The maximum Gasteiger partial charge on any atom is 0.296 e. The van der Waals surface area contributed by atoms with Crippen molar-refractivity contribution in [2.45, 2.75) is 13.0 Å². The largest absolute Gasteiger partial charge is 0.493 e. The molecule has 10 heteroatoms. The number of fused-ring (bicyclic) bond motifs is 2. The van der Waals surface area contributed by atoms with Gasteiger partial charge >= 0.3 is 0 Å². The van der Waals surface area contributed by atoms with E-state index in [1.54, 1.807) is 31.2 Å². The molecule has 1 aliphatic rings. The number of hydrogen-bond acceptors (Lipinski definition) is 7. The summed E-state index contributed by atoms with van der Waals surface area (Å²) in [7, 11) is 2.98. The molecule has 0 radical (unpaired) electrons. The number of amides is 1. The summed E-state index contributed by atoms with van der Waals surface area (Å²) in [5.74, 6) is 0.782. The molecule has 8 nitrogen and oxygen atoms in total. The van der Waals surface area contributed by atoms with Crippen LogP contribution in [-0.2, 0) is 0 Å². The highest BCUT2D eigenvalue weighted by Gasteiger charge is 2.46. The number of halogens is 2. The van der Waals surface area contributed by atoms with Gasteiger partial charge in [-0.05, 0) is 25.1 Å². The molecular weight excluding hydrogens is 471 g/mol. The van der Waals surface area contributed by atoms with Crippen LogP contribution in [0.1, 0.15) is 33.5 Å². The third kappa shape index (κ3) is 3.17. The SMILES string of the molecule is COc1cccc([C@H]2c3c(oc4c(Cl)cc(Cl)cc4c3=O)C(=O)N2c2cc(C)on2)c1OC. The van der Waals surface area contributed by atoms with E-state index in [0.29, 0.717) is 22.8 Å². The predicted molar refractivity (Wildman–Crippen MR) is 122 cm³/mol. The number of ether oxygens (including phenoxy) is 2. The minimum Gasteiger partial charge on any atom is -0.493 e. The molecule has 3 heterocycles. The Morgan fingerprint density at radius 1 is 1.09 bits per heavy atom. The second-order valence-electron chi connectivity index (χ2n) is 7.39. The highest BCUT2D eigenvalue weighted by atomic mass is 35.5. The molecule has 1 amide bonds. The van der Waals surface area contributed by atoms with E-state index in [1.165, 1.54) is 31.3 Å². The van der Waals surface area contributed by atoms with Crippen LogP contribution >= 0.6 is 23.2 Å². The predicted octanol–water partition coefficient (Wildman–Crippen LogP) is 5.16. The lowest BCUT2D eigenvalue weighted by atomic mass is 9.97. The lowest BCUT2D eigenvalue weighted by molar-refractivity contribution is 0.0969. The number of carbonyl (C=O) groups is 1. The second kappa shape index (κ2) is 7.83. The van der Waals surface area contributed by atoms with Crippen molar-refractivity contribution in [1.82, 2.24) is 5.16 Å². The molecule has 2 aromatic heterocycles. The average molecular weight is 487 g/mol. The van der Waals surface area contributed by atoms with Gasteiger partial charge in [-0.25, -0.2) is 0 Å². The fraction of sp³-hybridized carbons (Fsp3) is 0.174. The molecule has 0 saturated carbocycles. The van der Waals surface area contributed by atoms with Crippen molar-refractivity contribution in [1.29, 1.82) is 0 Å². The molecule has 1 atom stereocenters. The van der Waals surface area contributed by atoms with Crippen molar-refractivity contribution in [3.63, 3.8) is 0 Å². The number of nitrogens with zero attached hydrogens (tertiary/aromatic N) is 2. The van der Waals surface area contributed by atoms with Crippen molar-refractivity contribution < 1.29 is 23.2 Å². The molecule has 0 aliphatic carbocycles. The molecule has 5 rings (SSSR count). The van der Waals surface area contributed by atoms with Gasteiger partial charge in [-0.2, -0.15) is 0 Å². The zero-order chi connectivity index (χ0) is 23.4. The number of rotatable bonds is 4. The number of aryl methyl sites for hydroxylation is 1. The van der Waals surface area contributed by atoms with E-state index < -0.39 is 17.4 Å². The van der Waals surface area contributed by atoms with Crippen molar-refractivity contribution in [3.8, 4) is 11.5 Å². The Balaban J connectivity index is 1.88. The van der Waals surface area contributed by atoms with Crippen LogP contribution in [0.5, 0.6) is 11.5 Å². The molecular formula is C23H16Cl2N2O6. The van der Waals surface area contributed by atoms with Crippen molar-refractivity contribution >= 4 is 45.9 Å². The summed E-state index contributed by atoms with van der Waals surface area (Å²) in [6, 6.07) is 8.76. The van der Waals surface area contributed by atoms with E-state index in [0.717, 1.165) is 0 Å². The first kappa shape index (κ1) is 21.4. The molecule has 168 valence electrons. The van der Waals surface area contributed by atoms with Gasteiger partial charge in [0.1, 0.15) is 11.8 Å². The van der Waals surface area contributed by atoms with Crippen molar-refractivity contribution in [2.75, 3.05) is 19.1 Å². The monoisotopic (exact) mass is 486 g/mol. The molecule has 4 aromatic rings. The standard InChI is InChI=1S/C23H16Cl2N2O6/c1-10-7-16(26-33-10)27-18(12-5-4-6-15(30-2)21(12)31-3)17-19(28)13-8-11(24)9-14(25)20(13)32-22(17)23(27)29/h4-9,18H,1-3H3/t18-/m0/s1. The van der Waals surface area contributed by atoms with Crippen LogP contribution in [0.15, 0.2) is 50.1 Å². The van der Waals surface area contributed by atoms with E-state index >= 15 is 0 Å². The summed E-state index contributed by atoms with van der Waals surface area (Å²) < 4.78 is 22.1. The normalized spacial score (nSPS) is 15.2. The van der Waals surface area contributed by atoms with Crippen LogP contribution in [0.3, 0.4) is 0 Å². The van der Waals surface area contributed by atoms with Gasteiger partial charge in [-0.1, -0.05) is 40.5 Å². The zero-order valence-corrected chi connectivity index (χ0v) is 19.2. The summed E-state index contributed by atoms with van der Waals surface area (Å²) >= 11 is 12.4. The minimum atomic E-state index is -0.930. The van der Waals surface area contributed by atoms with Crippen molar-refractivity contribution in [3.05, 3.63) is 79.3 Å². The first-order chi connectivity index (χ1) is 15.8. The maximum atomic E-state index is 13.7. The Morgan fingerprint density at radius 3 is 2.55 bits per heavy atom. The highest BCUT2D eigenvalue weighted by molar-refractivity contribution is 6.38. The highest BCUT2D eigenvalue weighted by Crippen LogP contribution is 2.46. The molecule has 2 aromatic carbocycles. The molecule has 0 spiro atoms. The summed E-state index contributed by atoms with van der Waals surface area (Å²) in [6.45, 7) is 1.70. The molecule has 0 fully saturated rings. The van der Waals surface area contributed by atoms with E-state index in [1.807, 2.05) is 0 Å². The Bertz CT molecular complexity index is 1490. The van der Waals surface area contributed by atoms with Gasteiger partial charge in [0.15, 0.2) is 28.3 Å². The topological polar surface area (TPSA) is 95.0 Å². The van der Waals surface area contributed by atoms with Gasteiger partial charge in [0.25, 0.3) is 5.91 Å². The lowest BCUT2D eigenvalue weighted by Crippen LogP contribution is -2.30.